The van der Waals surface area contributed by atoms with Gasteiger partial charge in [0, 0.05) is 50.2 Å². The van der Waals surface area contributed by atoms with Gasteiger partial charge >= 0.3 is 0 Å². The van der Waals surface area contributed by atoms with Gasteiger partial charge in [0.2, 0.25) is 5.91 Å². The van der Waals surface area contributed by atoms with Crippen LogP contribution in [0.1, 0.15) is 38.2 Å². The Morgan fingerprint density at radius 1 is 1.38 bits per heavy atom. The number of aryl methyl sites for hydroxylation is 1. The van der Waals surface area contributed by atoms with Gasteiger partial charge in [-0.3, -0.25) is 9.69 Å². The third-order valence-corrected chi connectivity index (χ3v) is 5.01. The molecule has 0 spiro atoms. The molecule has 1 aliphatic heterocycles. The number of piperidine rings is 1. The maximum Gasteiger partial charge on any atom is 0.216 e. The smallest absolute Gasteiger partial charge is 0.216 e. The van der Waals surface area contributed by atoms with Crippen molar-refractivity contribution in [3.63, 3.8) is 0 Å². The highest BCUT2D eigenvalue weighted by atomic mass is 19.1. The van der Waals surface area contributed by atoms with Crippen molar-refractivity contribution in [2.24, 2.45) is 7.05 Å². The van der Waals surface area contributed by atoms with Crippen LogP contribution in [0.15, 0.2) is 24.4 Å². The maximum absolute atomic E-state index is 13.7. The van der Waals surface area contributed by atoms with E-state index in [1.807, 2.05) is 13.1 Å². The summed E-state index contributed by atoms with van der Waals surface area (Å²) in [6.45, 7) is 4.19. The molecule has 1 N–H and O–H groups in total. The van der Waals surface area contributed by atoms with Gasteiger partial charge in [0.25, 0.3) is 0 Å². The molecule has 4 nitrogen and oxygen atoms in total. The molecule has 3 rings (SSSR count). The van der Waals surface area contributed by atoms with Gasteiger partial charge in [0.15, 0.2) is 0 Å². The van der Waals surface area contributed by atoms with Gasteiger partial charge in [-0.15, -0.1) is 0 Å². The van der Waals surface area contributed by atoms with E-state index in [0.29, 0.717) is 6.04 Å². The van der Waals surface area contributed by atoms with Gasteiger partial charge in [0.1, 0.15) is 5.82 Å². The van der Waals surface area contributed by atoms with Gasteiger partial charge < -0.3 is 9.88 Å². The molecule has 0 unspecified atom stereocenters. The van der Waals surface area contributed by atoms with E-state index >= 15 is 0 Å². The molecule has 24 heavy (non-hydrogen) atoms. The molecule has 2 aromatic rings. The predicted octanol–water partition coefficient (Wildman–Crippen LogP) is 3.20. The Hall–Kier alpha value is -1.88. The number of rotatable bonds is 5. The molecule has 0 bridgehead atoms. The van der Waals surface area contributed by atoms with Crippen molar-refractivity contribution in [1.82, 2.24) is 14.8 Å². The SMILES string of the molecule is CC(=O)NCC[C@@H]1CCCCN1Cc1cn(C)c2ccc(F)cc12. The van der Waals surface area contributed by atoms with Crippen LogP contribution in [-0.2, 0) is 18.4 Å². The third kappa shape index (κ3) is 3.78. The topological polar surface area (TPSA) is 37.3 Å². The average Bonchev–Trinajstić information content (AvgIpc) is 2.84. The monoisotopic (exact) mass is 331 g/mol. The lowest BCUT2D eigenvalue weighted by molar-refractivity contribution is -0.119. The Labute approximate surface area is 142 Å². The van der Waals surface area contributed by atoms with Crippen molar-refractivity contribution in [3.05, 3.63) is 35.8 Å². The largest absolute Gasteiger partial charge is 0.356 e. The van der Waals surface area contributed by atoms with Crippen LogP contribution in [0, 0.1) is 5.82 Å². The molecule has 1 aliphatic rings. The van der Waals surface area contributed by atoms with Gasteiger partial charge in [-0.05, 0) is 49.6 Å². The molecule has 0 saturated carbocycles. The number of nitrogens with zero attached hydrogens (tertiary/aromatic N) is 2. The van der Waals surface area contributed by atoms with E-state index in [2.05, 4.69) is 21.0 Å². The minimum Gasteiger partial charge on any atom is -0.356 e. The highest BCUT2D eigenvalue weighted by molar-refractivity contribution is 5.84. The number of halogens is 1. The number of fused-ring (bicyclic) bond motifs is 1. The number of hydrogen-bond donors (Lipinski definition) is 1. The first kappa shape index (κ1) is 17.0. The minimum absolute atomic E-state index is 0.0295. The fourth-order valence-electron chi connectivity index (χ4n) is 3.80. The normalized spacial score (nSPS) is 18.9. The van der Waals surface area contributed by atoms with E-state index in [4.69, 9.17) is 0 Å². The number of nitrogens with one attached hydrogen (secondary N) is 1. The summed E-state index contributed by atoms with van der Waals surface area (Å²) in [4.78, 5) is 13.6. The first-order valence-corrected chi connectivity index (χ1v) is 8.76. The van der Waals surface area contributed by atoms with E-state index in [0.717, 1.165) is 37.0 Å². The zero-order chi connectivity index (χ0) is 17.1. The van der Waals surface area contributed by atoms with Crippen LogP contribution < -0.4 is 5.32 Å². The van der Waals surface area contributed by atoms with Gasteiger partial charge in [-0.25, -0.2) is 4.39 Å². The molecule has 1 atom stereocenters. The summed E-state index contributed by atoms with van der Waals surface area (Å²) in [5.41, 5.74) is 2.25. The summed E-state index contributed by atoms with van der Waals surface area (Å²) in [6.07, 6.45) is 6.70. The zero-order valence-electron chi connectivity index (χ0n) is 14.5. The van der Waals surface area contributed by atoms with Crippen molar-refractivity contribution in [1.29, 1.82) is 0 Å². The van der Waals surface area contributed by atoms with Gasteiger partial charge in [-0.2, -0.15) is 0 Å². The van der Waals surface area contributed by atoms with Crippen LogP contribution in [0.4, 0.5) is 4.39 Å². The van der Waals surface area contributed by atoms with Crippen LogP contribution >= 0.6 is 0 Å². The first-order valence-electron chi connectivity index (χ1n) is 8.76. The van der Waals surface area contributed by atoms with E-state index < -0.39 is 0 Å². The highest BCUT2D eigenvalue weighted by Gasteiger charge is 2.23. The zero-order valence-corrected chi connectivity index (χ0v) is 14.5. The summed E-state index contributed by atoms with van der Waals surface area (Å²) in [5, 5.41) is 3.90. The van der Waals surface area contributed by atoms with E-state index in [1.165, 1.54) is 30.9 Å². The Balaban J connectivity index is 1.75. The lowest BCUT2D eigenvalue weighted by Gasteiger charge is -2.35. The molecule has 1 amide bonds. The van der Waals surface area contributed by atoms with Crippen LogP contribution in [0.2, 0.25) is 0 Å². The Kier molecular flexibility index (Phi) is 5.19. The van der Waals surface area contributed by atoms with Crippen LogP contribution in [0.3, 0.4) is 0 Å². The molecule has 5 heteroatoms. The molecule has 1 saturated heterocycles. The second-order valence-electron chi connectivity index (χ2n) is 6.82. The molecule has 1 fully saturated rings. The third-order valence-electron chi connectivity index (χ3n) is 5.01. The van der Waals surface area contributed by atoms with Gasteiger partial charge in [-0.1, -0.05) is 6.42 Å². The molecular formula is C19H26FN3O. The first-order chi connectivity index (χ1) is 11.5. The number of benzene rings is 1. The maximum atomic E-state index is 13.7. The quantitative estimate of drug-likeness (QED) is 0.913. The van der Waals surface area contributed by atoms with Crippen LogP contribution in [0.25, 0.3) is 10.9 Å². The molecule has 130 valence electrons. The summed E-state index contributed by atoms with van der Waals surface area (Å²) in [5.74, 6) is -0.155. The molecule has 0 aliphatic carbocycles. The van der Waals surface area contributed by atoms with Crippen molar-refractivity contribution in [2.45, 2.75) is 45.2 Å². The van der Waals surface area contributed by atoms with Crippen molar-refractivity contribution in [3.8, 4) is 0 Å². The summed E-state index contributed by atoms with van der Waals surface area (Å²) < 4.78 is 15.7. The number of likely N-dealkylation sites (tertiary alicyclic amines) is 1. The van der Waals surface area contributed by atoms with Crippen LogP contribution in [0.5, 0.6) is 0 Å². The van der Waals surface area contributed by atoms with Gasteiger partial charge in [0.05, 0.1) is 0 Å². The molecular weight excluding hydrogens is 305 g/mol. The fourth-order valence-corrected chi connectivity index (χ4v) is 3.80. The minimum atomic E-state index is -0.184. The summed E-state index contributed by atoms with van der Waals surface area (Å²) in [6, 6.07) is 5.48. The molecule has 2 heterocycles. The van der Waals surface area contributed by atoms with Crippen molar-refractivity contribution < 1.29 is 9.18 Å². The summed E-state index contributed by atoms with van der Waals surface area (Å²) in [7, 11) is 2.01. The van der Waals surface area contributed by atoms with E-state index in [9.17, 15) is 9.18 Å². The van der Waals surface area contributed by atoms with E-state index in [-0.39, 0.29) is 11.7 Å². The van der Waals surface area contributed by atoms with Crippen LogP contribution in [-0.4, -0.2) is 34.5 Å². The Morgan fingerprint density at radius 3 is 3.00 bits per heavy atom. The number of aromatic nitrogens is 1. The standard InChI is InChI=1S/C19H26FN3O/c1-14(24)21-9-8-17-5-3-4-10-23(17)13-15-12-22(2)19-7-6-16(20)11-18(15)19/h6-7,11-12,17H,3-5,8-10,13H2,1-2H3,(H,21,24)/t17-/m0/s1. The second kappa shape index (κ2) is 7.34. The number of carbonyl (C=O) groups is 1. The van der Waals surface area contributed by atoms with Crippen molar-refractivity contribution in [2.75, 3.05) is 13.1 Å². The average molecular weight is 331 g/mol. The number of carbonyl (C=O) groups excluding carboxylic acids is 1. The number of hydrogen-bond acceptors (Lipinski definition) is 2. The Bertz CT molecular complexity index is 725. The van der Waals surface area contributed by atoms with Crippen molar-refractivity contribution >= 4 is 16.8 Å². The second-order valence-corrected chi connectivity index (χ2v) is 6.82. The lowest BCUT2D eigenvalue weighted by Crippen LogP contribution is -2.41. The highest BCUT2D eigenvalue weighted by Crippen LogP contribution is 2.27. The van der Waals surface area contributed by atoms with E-state index in [1.54, 1.807) is 13.0 Å². The Morgan fingerprint density at radius 2 is 2.21 bits per heavy atom. The summed E-state index contributed by atoms with van der Waals surface area (Å²) >= 11 is 0. The number of amides is 1. The predicted molar refractivity (Wildman–Crippen MR) is 94.2 cm³/mol. The lowest BCUT2D eigenvalue weighted by atomic mass is 9.98. The molecule has 1 aromatic carbocycles. The molecule has 1 aromatic heterocycles. The fraction of sp³-hybridized carbons (Fsp3) is 0.526. The molecule has 0 radical (unpaired) electrons.